The van der Waals surface area contributed by atoms with Gasteiger partial charge in [0, 0.05) is 25.2 Å². The van der Waals surface area contributed by atoms with Gasteiger partial charge < -0.3 is 15.1 Å². The number of phenolic OH excluding ortho intramolecular Hbond substituents is 2. The van der Waals surface area contributed by atoms with E-state index in [1.807, 2.05) is 11.8 Å². The van der Waals surface area contributed by atoms with Crippen LogP contribution in [0.15, 0.2) is 18.2 Å². The molecular weight excluding hydrogens is 256 g/mol. The number of hydrogen-bond acceptors (Lipinski definition) is 4. The van der Waals surface area contributed by atoms with Gasteiger partial charge in [0.15, 0.2) is 11.5 Å². The van der Waals surface area contributed by atoms with Crippen LogP contribution in [0.4, 0.5) is 0 Å². The highest BCUT2D eigenvalue weighted by molar-refractivity contribution is 5.97. The molecule has 0 radical (unpaired) electrons. The minimum absolute atomic E-state index is 0.124. The topological polar surface area (TPSA) is 64.0 Å². The molecule has 2 atom stereocenters. The van der Waals surface area contributed by atoms with Crippen LogP contribution < -0.4 is 0 Å². The van der Waals surface area contributed by atoms with Crippen molar-refractivity contribution in [2.24, 2.45) is 0 Å². The van der Waals surface area contributed by atoms with Crippen molar-refractivity contribution < 1.29 is 15.0 Å². The Morgan fingerprint density at radius 3 is 2.90 bits per heavy atom. The van der Waals surface area contributed by atoms with Gasteiger partial charge in [0.05, 0.1) is 5.56 Å². The van der Waals surface area contributed by atoms with E-state index in [-0.39, 0.29) is 29.0 Å². The van der Waals surface area contributed by atoms with Gasteiger partial charge in [-0.15, -0.1) is 0 Å². The minimum Gasteiger partial charge on any atom is -0.504 e. The standard InChI is InChI=1S/C15H20N2O3/c1-10-8-16-7-3-4-11(16)9-17(10)15(20)12-5-2-6-13(18)14(12)19/h2,5-6,10-11,18-19H,3-4,7-9H2,1H3. The molecule has 20 heavy (non-hydrogen) atoms. The van der Waals surface area contributed by atoms with Crippen LogP contribution in [0.3, 0.4) is 0 Å². The van der Waals surface area contributed by atoms with E-state index in [9.17, 15) is 15.0 Å². The van der Waals surface area contributed by atoms with Crippen molar-refractivity contribution >= 4 is 5.91 Å². The summed E-state index contributed by atoms with van der Waals surface area (Å²) in [6.07, 6.45) is 2.32. The van der Waals surface area contributed by atoms with E-state index in [1.54, 1.807) is 12.1 Å². The van der Waals surface area contributed by atoms with Gasteiger partial charge in [-0.05, 0) is 38.4 Å². The van der Waals surface area contributed by atoms with Gasteiger partial charge in [-0.2, -0.15) is 0 Å². The van der Waals surface area contributed by atoms with Crippen LogP contribution in [0, 0.1) is 0 Å². The number of amides is 1. The van der Waals surface area contributed by atoms with Crippen molar-refractivity contribution in [2.45, 2.75) is 31.8 Å². The molecule has 5 nitrogen and oxygen atoms in total. The van der Waals surface area contributed by atoms with Gasteiger partial charge in [0.2, 0.25) is 0 Å². The summed E-state index contributed by atoms with van der Waals surface area (Å²) in [5, 5.41) is 19.4. The molecule has 0 aliphatic carbocycles. The summed E-state index contributed by atoms with van der Waals surface area (Å²) in [7, 11) is 0. The number of hydrogen-bond donors (Lipinski definition) is 2. The number of rotatable bonds is 1. The van der Waals surface area contributed by atoms with Crippen molar-refractivity contribution in [3.63, 3.8) is 0 Å². The van der Waals surface area contributed by atoms with Gasteiger partial charge in [-0.3, -0.25) is 9.69 Å². The molecule has 0 spiro atoms. The van der Waals surface area contributed by atoms with E-state index in [0.717, 1.165) is 19.5 Å². The fourth-order valence-corrected chi connectivity index (χ4v) is 3.33. The van der Waals surface area contributed by atoms with Crippen LogP contribution in [0.1, 0.15) is 30.1 Å². The Morgan fingerprint density at radius 2 is 2.10 bits per heavy atom. The second-order valence-corrected chi connectivity index (χ2v) is 5.77. The summed E-state index contributed by atoms with van der Waals surface area (Å²) in [4.78, 5) is 16.9. The van der Waals surface area contributed by atoms with Crippen LogP contribution in [-0.2, 0) is 0 Å². The molecule has 1 amide bonds. The fraction of sp³-hybridized carbons (Fsp3) is 0.533. The predicted octanol–water partition coefficient (Wildman–Crippen LogP) is 1.41. The zero-order chi connectivity index (χ0) is 14.3. The van der Waals surface area contributed by atoms with Gasteiger partial charge in [-0.1, -0.05) is 6.07 Å². The van der Waals surface area contributed by atoms with Gasteiger partial charge in [0.1, 0.15) is 0 Å². The van der Waals surface area contributed by atoms with Crippen LogP contribution in [0.25, 0.3) is 0 Å². The SMILES string of the molecule is CC1CN2CCCC2CN1C(=O)c1cccc(O)c1O. The summed E-state index contributed by atoms with van der Waals surface area (Å²) in [5.41, 5.74) is 0.184. The summed E-state index contributed by atoms with van der Waals surface area (Å²) < 4.78 is 0. The average Bonchev–Trinajstić information content (AvgIpc) is 2.87. The number of benzene rings is 1. The third-order valence-corrected chi connectivity index (χ3v) is 4.44. The molecule has 2 heterocycles. The molecule has 0 saturated carbocycles. The molecule has 2 saturated heterocycles. The molecule has 108 valence electrons. The first-order chi connectivity index (χ1) is 9.58. The van der Waals surface area contributed by atoms with Crippen LogP contribution in [-0.4, -0.2) is 57.6 Å². The van der Waals surface area contributed by atoms with Crippen molar-refractivity contribution in [3.8, 4) is 11.5 Å². The molecular formula is C15H20N2O3. The molecule has 3 rings (SSSR count). The maximum atomic E-state index is 12.6. The Morgan fingerprint density at radius 1 is 1.30 bits per heavy atom. The van der Waals surface area contributed by atoms with E-state index >= 15 is 0 Å². The summed E-state index contributed by atoms with van der Waals surface area (Å²) in [5.74, 6) is -0.765. The number of aromatic hydroxyl groups is 2. The number of carbonyl (C=O) groups is 1. The summed E-state index contributed by atoms with van der Waals surface area (Å²) in [6.45, 7) is 4.74. The smallest absolute Gasteiger partial charge is 0.258 e. The lowest BCUT2D eigenvalue weighted by Crippen LogP contribution is -2.56. The first kappa shape index (κ1) is 13.2. The monoisotopic (exact) mass is 276 g/mol. The Kier molecular flexibility index (Phi) is 3.30. The van der Waals surface area contributed by atoms with E-state index in [4.69, 9.17) is 0 Å². The highest BCUT2D eigenvalue weighted by Crippen LogP contribution is 2.31. The molecule has 5 heteroatoms. The second-order valence-electron chi connectivity index (χ2n) is 5.77. The molecule has 2 N–H and O–H groups in total. The maximum Gasteiger partial charge on any atom is 0.258 e. The van der Waals surface area contributed by atoms with Crippen LogP contribution in [0.5, 0.6) is 11.5 Å². The van der Waals surface area contributed by atoms with Gasteiger partial charge >= 0.3 is 0 Å². The minimum atomic E-state index is -0.321. The number of phenols is 2. The van der Waals surface area contributed by atoms with Gasteiger partial charge in [-0.25, -0.2) is 0 Å². The maximum absolute atomic E-state index is 12.6. The Labute approximate surface area is 118 Å². The van der Waals surface area contributed by atoms with E-state index < -0.39 is 0 Å². The molecule has 2 unspecified atom stereocenters. The Bertz CT molecular complexity index is 532. The summed E-state index contributed by atoms with van der Waals surface area (Å²) >= 11 is 0. The predicted molar refractivity (Wildman–Crippen MR) is 74.9 cm³/mol. The quantitative estimate of drug-likeness (QED) is 0.761. The molecule has 1 aromatic carbocycles. The highest BCUT2D eigenvalue weighted by Gasteiger charge is 2.37. The van der Waals surface area contributed by atoms with Crippen molar-refractivity contribution in [1.82, 2.24) is 9.80 Å². The number of fused-ring (bicyclic) bond motifs is 1. The van der Waals surface area contributed by atoms with Crippen molar-refractivity contribution in [1.29, 1.82) is 0 Å². The lowest BCUT2D eigenvalue weighted by atomic mass is 10.1. The lowest BCUT2D eigenvalue weighted by Gasteiger charge is -2.42. The lowest BCUT2D eigenvalue weighted by molar-refractivity contribution is 0.0392. The van der Waals surface area contributed by atoms with Crippen LogP contribution in [0.2, 0.25) is 0 Å². The molecule has 0 aromatic heterocycles. The highest BCUT2D eigenvalue weighted by atomic mass is 16.3. The number of piperazine rings is 1. The van der Waals surface area contributed by atoms with Crippen molar-refractivity contribution in [3.05, 3.63) is 23.8 Å². The number of carbonyl (C=O) groups excluding carboxylic acids is 1. The van der Waals surface area contributed by atoms with E-state index in [0.29, 0.717) is 12.6 Å². The number of para-hydroxylation sites is 1. The van der Waals surface area contributed by atoms with E-state index in [2.05, 4.69) is 4.90 Å². The molecule has 1 aromatic rings. The fourth-order valence-electron chi connectivity index (χ4n) is 3.33. The molecule has 0 bridgehead atoms. The number of nitrogens with zero attached hydrogens (tertiary/aromatic N) is 2. The first-order valence-corrected chi connectivity index (χ1v) is 7.14. The Hall–Kier alpha value is -1.75. The summed E-state index contributed by atoms with van der Waals surface area (Å²) in [6, 6.07) is 5.09. The largest absolute Gasteiger partial charge is 0.504 e. The molecule has 2 aliphatic rings. The Balaban J connectivity index is 1.84. The third kappa shape index (κ3) is 2.12. The molecule has 2 fully saturated rings. The van der Waals surface area contributed by atoms with Gasteiger partial charge in [0.25, 0.3) is 5.91 Å². The second kappa shape index (κ2) is 4.98. The zero-order valence-electron chi connectivity index (χ0n) is 11.6. The van der Waals surface area contributed by atoms with Crippen LogP contribution >= 0.6 is 0 Å². The van der Waals surface area contributed by atoms with Crippen molar-refractivity contribution in [2.75, 3.05) is 19.6 Å². The average molecular weight is 276 g/mol. The normalized spacial score (nSPS) is 26.6. The third-order valence-electron chi connectivity index (χ3n) is 4.44. The van der Waals surface area contributed by atoms with E-state index in [1.165, 1.54) is 12.5 Å². The first-order valence-electron chi connectivity index (χ1n) is 7.14. The zero-order valence-corrected chi connectivity index (χ0v) is 11.6. The molecule has 2 aliphatic heterocycles.